The van der Waals surface area contributed by atoms with Crippen molar-refractivity contribution in [3.8, 4) is 0 Å². The molecule has 0 fully saturated rings. The van der Waals surface area contributed by atoms with E-state index in [9.17, 15) is 8.42 Å². The minimum Gasteiger partial charge on any atom is -0.323 e. The van der Waals surface area contributed by atoms with Crippen LogP contribution in [0.2, 0.25) is 0 Å². The van der Waals surface area contributed by atoms with Crippen LogP contribution in [0.1, 0.15) is 17.3 Å². The molecule has 2 N–H and O–H groups in total. The summed E-state index contributed by atoms with van der Waals surface area (Å²) in [6.45, 7) is 0. The second kappa shape index (κ2) is 4.44. The van der Waals surface area contributed by atoms with E-state index in [1.165, 1.54) is 15.7 Å². The van der Waals surface area contributed by atoms with Gasteiger partial charge in [-0.1, -0.05) is 0 Å². The molecule has 6 heteroatoms. The topological polar surface area (TPSA) is 60.2 Å². The normalized spacial score (nSPS) is 14.4. The third-order valence-corrected chi connectivity index (χ3v) is 5.53. The molecule has 0 amide bonds. The van der Waals surface area contributed by atoms with Crippen molar-refractivity contribution in [2.45, 2.75) is 12.5 Å². The zero-order valence-corrected chi connectivity index (χ0v) is 11.3. The van der Waals surface area contributed by atoms with Crippen LogP contribution in [0.15, 0.2) is 17.5 Å². The molecule has 0 saturated carbocycles. The summed E-state index contributed by atoms with van der Waals surface area (Å²) < 4.78 is 24.5. The lowest BCUT2D eigenvalue weighted by molar-refractivity contribution is 0.592. The second-order valence-corrected chi connectivity index (χ2v) is 8.15. The first-order chi connectivity index (χ1) is 7.46. The Balaban J connectivity index is 2.10. The van der Waals surface area contributed by atoms with Crippen molar-refractivity contribution in [3.63, 3.8) is 0 Å². The summed E-state index contributed by atoms with van der Waals surface area (Å²) in [5.74, 6) is 0.152. The Morgan fingerprint density at radius 1 is 1.44 bits per heavy atom. The van der Waals surface area contributed by atoms with Crippen LogP contribution in [-0.2, 0) is 9.84 Å². The standard InChI is InChI=1S/C10H13NO2S3/c1-16(12,13)5-3-7(11)9-6-10-8(15-9)2-4-14-10/h2,4,6-7H,3,5,11H2,1H3. The van der Waals surface area contributed by atoms with Crippen LogP contribution in [0, 0.1) is 0 Å². The van der Waals surface area contributed by atoms with Gasteiger partial charge in [0.05, 0.1) is 5.75 Å². The van der Waals surface area contributed by atoms with Crippen molar-refractivity contribution in [2.75, 3.05) is 12.0 Å². The lowest BCUT2D eigenvalue weighted by Crippen LogP contribution is -2.14. The van der Waals surface area contributed by atoms with Crippen molar-refractivity contribution < 1.29 is 8.42 Å². The average molecular weight is 275 g/mol. The van der Waals surface area contributed by atoms with E-state index in [1.54, 1.807) is 22.7 Å². The smallest absolute Gasteiger partial charge is 0.147 e. The van der Waals surface area contributed by atoms with Crippen LogP contribution in [0.25, 0.3) is 9.40 Å². The molecule has 1 unspecified atom stereocenters. The molecule has 0 aliphatic rings. The second-order valence-electron chi connectivity index (χ2n) is 3.82. The highest BCUT2D eigenvalue weighted by molar-refractivity contribution is 7.90. The van der Waals surface area contributed by atoms with E-state index in [4.69, 9.17) is 5.73 Å². The van der Waals surface area contributed by atoms with Crippen LogP contribution in [0.3, 0.4) is 0 Å². The molecule has 0 bridgehead atoms. The summed E-state index contributed by atoms with van der Waals surface area (Å²) in [5, 5.41) is 2.05. The molecule has 16 heavy (non-hydrogen) atoms. The molecular formula is C10H13NO2S3. The quantitative estimate of drug-likeness (QED) is 0.932. The van der Waals surface area contributed by atoms with Crippen LogP contribution in [0.5, 0.6) is 0 Å². The lowest BCUT2D eigenvalue weighted by atomic mass is 10.2. The first-order valence-corrected chi connectivity index (χ1v) is 8.61. The molecule has 2 aromatic rings. The van der Waals surface area contributed by atoms with E-state index in [2.05, 4.69) is 12.1 Å². The van der Waals surface area contributed by atoms with Gasteiger partial charge in [-0.25, -0.2) is 8.42 Å². The van der Waals surface area contributed by atoms with E-state index in [-0.39, 0.29) is 11.8 Å². The number of hydrogen-bond acceptors (Lipinski definition) is 5. The molecule has 88 valence electrons. The van der Waals surface area contributed by atoms with Gasteiger partial charge in [0.2, 0.25) is 0 Å². The van der Waals surface area contributed by atoms with Gasteiger partial charge >= 0.3 is 0 Å². The molecule has 0 radical (unpaired) electrons. The predicted molar refractivity (Wildman–Crippen MR) is 71.0 cm³/mol. The molecule has 0 aromatic carbocycles. The monoisotopic (exact) mass is 275 g/mol. The van der Waals surface area contributed by atoms with E-state index >= 15 is 0 Å². The minimum atomic E-state index is -2.92. The van der Waals surface area contributed by atoms with Gasteiger partial charge in [-0.2, -0.15) is 0 Å². The molecular weight excluding hydrogens is 262 g/mol. The zero-order chi connectivity index (χ0) is 11.8. The number of nitrogens with two attached hydrogens (primary N) is 1. The predicted octanol–water partition coefficient (Wildman–Crippen LogP) is 2.40. The minimum absolute atomic E-state index is 0.152. The fourth-order valence-electron chi connectivity index (χ4n) is 1.45. The maximum Gasteiger partial charge on any atom is 0.147 e. The zero-order valence-electron chi connectivity index (χ0n) is 8.84. The summed E-state index contributed by atoms with van der Waals surface area (Å²) in [4.78, 5) is 1.07. The number of rotatable bonds is 4. The Kier molecular flexibility index (Phi) is 3.34. The first-order valence-electron chi connectivity index (χ1n) is 4.86. The lowest BCUT2D eigenvalue weighted by Gasteiger charge is -2.07. The number of hydrogen-bond donors (Lipinski definition) is 1. The van der Waals surface area contributed by atoms with E-state index < -0.39 is 9.84 Å². The van der Waals surface area contributed by atoms with E-state index in [1.807, 2.05) is 5.38 Å². The number of thiophene rings is 2. The van der Waals surface area contributed by atoms with Gasteiger partial charge in [0, 0.05) is 26.6 Å². The Morgan fingerprint density at radius 2 is 2.19 bits per heavy atom. The fourth-order valence-corrected chi connectivity index (χ4v) is 4.29. The highest BCUT2D eigenvalue weighted by Crippen LogP contribution is 2.33. The van der Waals surface area contributed by atoms with E-state index in [0.29, 0.717) is 6.42 Å². The Labute approximate surface area is 103 Å². The molecule has 1 atom stereocenters. The summed E-state index contributed by atoms with van der Waals surface area (Å²) in [6, 6.07) is 3.97. The number of fused-ring (bicyclic) bond motifs is 1. The van der Waals surface area contributed by atoms with Gasteiger partial charge in [0.15, 0.2) is 0 Å². The molecule has 2 aromatic heterocycles. The molecule has 0 saturated heterocycles. The van der Waals surface area contributed by atoms with Crippen LogP contribution < -0.4 is 5.73 Å². The van der Waals surface area contributed by atoms with Crippen LogP contribution in [-0.4, -0.2) is 20.4 Å². The van der Waals surface area contributed by atoms with Gasteiger partial charge in [0.25, 0.3) is 0 Å². The van der Waals surface area contributed by atoms with Crippen molar-refractivity contribution in [1.29, 1.82) is 0 Å². The summed E-state index contributed by atoms with van der Waals surface area (Å²) in [6.07, 6.45) is 1.74. The number of sulfone groups is 1. The Hall–Kier alpha value is -0.430. The Bertz CT molecular complexity index is 554. The van der Waals surface area contributed by atoms with Gasteiger partial charge in [-0.15, -0.1) is 22.7 Å². The Morgan fingerprint density at radius 3 is 2.81 bits per heavy atom. The molecule has 3 nitrogen and oxygen atoms in total. The molecule has 0 aliphatic heterocycles. The highest BCUT2D eigenvalue weighted by atomic mass is 32.2. The third kappa shape index (κ3) is 2.82. The molecule has 2 rings (SSSR count). The average Bonchev–Trinajstić information content (AvgIpc) is 2.71. The van der Waals surface area contributed by atoms with Gasteiger partial charge in [0.1, 0.15) is 9.84 Å². The van der Waals surface area contributed by atoms with Crippen LogP contribution in [0.4, 0.5) is 0 Å². The van der Waals surface area contributed by atoms with E-state index in [0.717, 1.165) is 4.88 Å². The van der Waals surface area contributed by atoms with Gasteiger partial charge in [-0.3, -0.25) is 0 Å². The van der Waals surface area contributed by atoms with Crippen molar-refractivity contribution in [2.24, 2.45) is 5.73 Å². The third-order valence-electron chi connectivity index (χ3n) is 2.32. The summed E-state index contributed by atoms with van der Waals surface area (Å²) in [5.41, 5.74) is 5.98. The molecule has 2 heterocycles. The molecule has 0 spiro atoms. The molecule has 0 aliphatic carbocycles. The van der Waals surface area contributed by atoms with Crippen molar-refractivity contribution in [3.05, 3.63) is 22.4 Å². The summed E-state index contributed by atoms with van der Waals surface area (Å²) in [7, 11) is -2.92. The van der Waals surface area contributed by atoms with Crippen molar-refractivity contribution >= 4 is 41.9 Å². The largest absolute Gasteiger partial charge is 0.323 e. The summed E-state index contributed by atoms with van der Waals surface area (Å²) >= 11 is 3.34. The van der Waals surface area contributed by atoms with Gasteiger partial charge in [-0.05, 0) is 23.9 Å². The van der Waals surface area contributed by atoms with Gasteiger partial charge < -0.3 is 5.73 Å². The highest BCUT2D eigenvalue weighted by Gasteiger charge is 2.13. The maximum absolute atomic E-state index is 11.0. The fraction of sp³-hybridized carbons (Fsp3) is 0.400. The van der Waals surface area contributed by atoms with Crippen molar-refractivity contribution in [1.82, 2.24) is 0 Å². The first kappa shape index (κ1) is 12.0. The van der Waals surface area contributed by atoms with Crippen LogP contribution >= 0.6 is 22.7 Å². The maximum atomic E-state index is 11.0. The SMILES string of the molecule is CS(=O)(=O)CCC(N)c1cc2sccc2s1.